The number of methoxy groups -OCH3 is 1. The molecule has 132 valence electrons. The third kappa shape index (κ3) is 4.37. The lowest BCUT2D eigenvalue weighted by atomic mass is 10.2. The van der Waals surface area contributed by atoms with Crippen LogP contribution < -0.4 is 10.2 Å². The van der Waals surface area contributed by atoms with Gasteiger partial charge in [-0.3, -0.25) is 9.78 Å². The van der Waals surface area contributed by atoms with Crippen LogP contribution in [0.4, 0.5) is 4.39 Å². The zero-order valence-corrected chi connectivity index (χ0v) is 14.8. The summed E-state index contributed by atoms with van der Waals surface area (Å²) in [4.78, 5) is 17.2. The molecular formula is C19H16FN3O2S. The van der Waals surface area contributed by atoms with Gasteiger partial charge in [0.15, 0.2) is 11.6 Å². The zero-order chi connectivity index (χ0) is 18.4. The SMILES string of the molecule is COc1ccc(/C=N\NC(=O)CSc2cccc3cccnc23)cc1F. The van der Waals surface area contributed by atoms with Gasteiger partial charge in [0.05, 0.1) is 24.6 Å². The molecule has 0 aliphatic heterocycles. The van der Waals surface area contributed by atoms with E-state index in [0.717, 1.165) is 15.8 Å². The van der Waals surface area contributed by atoms with Crippen LogP contribution >= 0.6 is 11.8 Å². The van der Waals surface area contributed by atoms with Gasteiger partial charge in [-0.25, -0.2) is 9.82 Å². The molecule has 0 aliphatic carbocycles. The predicted octanol–water partition coefficient (Wildman–Crippen LogP) is 3.62. The van der Waals surface area contributed by atoms with Crippen LogP contribution in [0, 0.1) is 5.82 Å². The van der Waals surface area contributed by atoms with Gasteiger partial charge in [0.1, 0.15) is 0 Å². The summed E-state index contributed by atoms with van der Waals surface area (Å²) in [5.74, 6) is -0.384. The normalized spacial score (nSPS) is 11.0. The second-order valence-electron chi connectivity index (χ2n) is 5.31. The fourth-order valence-electron chi connectivity index (χ4n) is 2.31. The molecule has 0 radical (unpaired) electrons. The molecule has 1 heterocycles. The van der Waals surface area contributed by atoms with Crippen LogP contribution in [0.5, 0.6) is 5.75 Å². The van der Waals surface area contributed by atoms with Crippen LogP contribution in [0.3, 0.4) is 0 Å². The monoisotopic (exact) mass is 369 g/mol. The summed E-state index contributed by atoms with van der Waals surface area (Å²) in [6, 6.07) is 14.1. The molecule has 1 amide bonds. The number of hydrogen-bond acceptors (Lipinski definition) is 5. The van der Waals surface area contributed by atoms with Gasteiger partial charge in [-0.2, -0.15) is 5.10 Å². The minimum absolute atomic E-state index is 0.159. The number of pyridine rings is 1. The minimum Gasteiger partial charge on any atom is -0.494 e. The van der Waals surface area contributed by atoms with Gasteiger partial charge in [-0.1, -0.05) is 18.2 Å². The van der Waals surface area contributed by atoms with Crippen molar-refractivity contribution in [2.75, 3.05) is 12.9 Å². The van der Waals surface area contributed by atoms with E-state index in [4.69, 9.17) is 4.74 Å². The Kier molecular flexibility index (Phi) is 5.80. The number of para-hydroxylation sites is 1. The Morgan fingerprint density at radius 3 is 2.96 bits per heavy atom. The van der Waals surface area contributed by atoms with Crippen molar-refractivity contribution in [3.05, 3.63) is 66.1 Å². The van der Waals surface area contributed by atoms with Crippen LogP contribution in [0.2, 0.25) is 0 Å². The number of ether oxygens (including phenoxy) is 1. The van der Waals surface area contributed by atoms with Crippen LogP contribution in [-0.2, 0) is 4.79 Å². The summed E-state index contributed by atoms with van der Waals surface area (Å²) in [5, 5.41) is 4.88. The van der Waals surface area contributed by atoms with Crippen molar-refractivity contribution in [2.24, 2.45) is 5.10 Å². The number of halogens is 1. The molecule has 0 saturated carbocycles. The zero-order valence-electron chi connectivity index (χ0n) is 14.0. The number of rotatable bonds is 6. The van der Waals surface area contributed by atoms with Crippen molar-refractivity contribution in [3.63, 3.8) is 0 Å². The van der Waals surface area contributed by atoms with Crippen LogP contribution in [0.15, 0.2) is 64.7 Å². The number of hydrogen-bond donors (Lipinski definition) is 1. The Hall–Kier alpha value is -2.93. The Balaban J connectivity index is 1.56. The number of benzene rings is 2. The lowest BCUT2D eigenvalue weighted by Crippen LogP contribution is -2.19. The number of nitrogens with zero attached hydrogens (tertiary/aromatic N) is 2. The van der Waals surface area contributed by atoms with Gasteiger partial charge in [0, 0.05) is 16.5 Å². The van der Waals surface area contributed by atoms with E-state index in [1.165, 1.54) is 37.2 Å². The van der Waals surface area contributed by atoms with Crippen LogP contribution in [0.1, 0.15) is 5.56 Å². The van der Waals surface area contributed by atoms with Crippen molar-refractivity contribution in [2.45, 2.75) is 4.90 Å². The second-order valence-corrected chi connectivity index (χ2v) is 6.32. The summed E-state index contributed by atoms with van der Waals surface area (Å²) >= 11 is 1.39. The number of aromatic nitrogens is 1. The molecule has 0 saturated heterocycles. The maximum Gasteiger partial charge on any atom is 0.250 e. The molecule has 0 unspecified atom stereocenters. The first-order valence-electron chi connectivity index (χ1n) is 7.79. The van der Waals surface area contributed by atoms with Gasteiger partial charge < -0.3 is 4.74 Å². The molecule has 2 aromatic carbocycles. The van der Waals surface area contributed by atoms with E-state index >= 15 is 0 Å². The third-order valence-corrected chi connectivity index (χ3v) is 4.58. The molecule has 7 heteroatoms. The molecule has 0 spiro atoms. The fraction of sp³-hybridized carbons (Fsp3) is 0.105. The van der Waals surface area contributed by atoms with E-state index < -0.39 is 5.82 Å². The first-order valence-corrected chi connectivity index (χ1v) is 8.78. The molecule has 26 heavy (non-hydrogen) atoms. The standard InChI is InChI=1S/C19H16FN3O2S/c1-25-16-8-7-13(10-15(16)20)11-22-23-18(24)12-26-17-6-2-4-14-5-3-9-21-19(14)17/h2-11H,12H2,1H3,(H,23,24)/b22-11-. The van der Waals surface area contributed by atoms with Gasteiger partial charge in [0.25, 0.3) is 0 Å². The fourth-order valence-corrected chi connectivity index (χ4v) is 3.14. The summed E-state index contributed by atoms with van der Waals surface area (Å²) in [7, 11) is 1.40. The molecule has 0 fully saturated rings. The third-order valence-electron chi connectivity index (χ3n) is 3.53. The average molecular weight is 369 g/mol. The minimum atomic E-state index is -0.484. The van der Waals surface area contributed by atoms with Gasteiger partial charge in [0.2, 0.25) is 5.91 Å². The Labute approximate surface area is 154 Å². The molecule has 5 nitrogen and oxygen atoms in total. The highest BCUT2D eigenvalue weighted by Gasteiger charge is 2.06. The van der Waals surface area contributed by atoms with E-state index in [1.54, 1.807) is 12.3 Å². The molecule has 3 aromatic rings. The van der Waals surface area contributed by atoms with Crippen LogP contribution in [-0.4, -0.2) is 30.0 Å². The number of nitrogens with one attached hydrogen (secondary N) is 1. The first-order chi connectivity index (χ1) is 12.7. The number of carbonyl (C=O) groups is 1. The Morgan fingerprint density at radius 1 is 1.31 bits per heavy atom. The van der Waals surface area contributed by atoms with Crippen molar-refractivity contribution in [3.8, 4) is 5.75 Å². The van der Waals surface area contributed by atoms with Crippen molar-refractivity contribution in [1.82, 2.24) is 10.4 Å². The number of fused-ring (bicyclic) bond motifs is 1. The lowest BCUT2D eigenvalue weighted by molar-refractivity contribution is -0.118. The van der Waals surface area contributed by atoms with E-state index in [2.05, 4.69) is 15.5 Å². The molecule has 0 bridgehead atoms. The first kappa shape index (κ1) is 17.9. The number of thioether (sulfide) groups is 1. The van der Waals surface area contributed by atoms with E-state index in [-0.39, 0.29) is 17.4 Å². The van der Waals surface area contributed by atoms with Gasteiger partial charge >= 0.3 is 0 Å². The summed E-state index contributed by atoms with van der Waals surface area (Å²) in [5.41, 5.74) is 3.82. The maximum absolute atomic E-state index is 13.6. The second kappa shape index (κ2) is 8.44. The quantitative estimate of drug-likeness (QED) is 0.409. The highest BCUT2D eigenvalue weighted by Crippen LogP contribution is 2.25. The molecule has 1 aromatic heterocycles. The largest absolute Gasteiger partial charge is 0.494 e. The van der Waals surface area contributed by atoms with E-state index in [0.29, 0.717) is 5.56 Å². The molecule has 0 atom stereocenters. The van der Waals surface area contributed by atoms with Crippen LogP contribution in [0.25, 0.3) is 10.9 Å². The average Bonchev–Trinajstić information content (AvgIpc) is 2.66. The molecule has 0 aliphatic rings. The Bertz CT molecular complexity index is 957. The highest BCUT2D eigenvalue weighted by molar-refractivity contribution is 8.00. The van der Waals surface area contributed by atoms with Crippen molar-refractivity contribution < 1.29 is 13.9 Å². The van der Waals surface area contributed by atoms with Gasteiger partial charge in [-0.05, 0) is 35.9 Å². The maximum atomic E-state index is 13.6. The predicted molar refractivity (Wildman–Crippen MR) is 101 cm³/mol. The number of hydrazone groups is 1. The van der Waals surface area contributed by atoms with Crippen molar-refractivity contribution in [1.29, 1.82) is 0 Å². The summed E-state index contributed by atoms with van der Waals surface area (Å²) in [6.45, 7) is 0. The Morgan fingerprint density at radius 2 is 2.15 bits per heavy atom. The highest BCUT2D eigenvalue weighted by atomic mass is 32.2. The van der Waals surface area contributed by atoms with Gasteiger partial charge in [-0.15, -0.1) is 11.8 Å². The summed E-state index contributed by atoms with van der Waals surface area (Å²) in [6.07, 6.45) is 3.11. The smallest absolute Gasteiger partial charge is 0.250 e. The van der Waals surface area contributed by atoms with Crippen molar-refractivity contribution >= 4 is 34.8 Å². The topological polar surface area (TPSA) is 63.6 Å². The lowest BCUT2D eigenvalue weighted by Gasteiger charge is -2.04. The molecular weight excluding hydrogens is 353 g/mol. The summed E-state index contributed by atoms with van der Waals surface area (Å²) < 4.78 is 18.4. The van der Waals surface area contributed by atoms with E-state index in [9.17, 15) is 9.18 Å². The number of amides is 1. The number of carbonyl (C=O) groups excluding carboxylic acids is 1. The molecule has 3 rings (SSSR count). The van der Waals surface area contributed by atoms with E-state index in [1.807, 2.05) is 30.3 Å². The molecule has 1 N–H and O–H groups in total.